The van der Waals surface area contributed by atoms with Crippen LogP contribution in [0.2, 0.25) is 0 Å². The largest absolute Gasteiger partial charge is 0.472 e. The molecule has 2 atom stereocenters. The number of alkyl halides is 1. The van der Waals surface area contributed by atoms with Crippen LogP contribution in [-0.2, 0) is 27.8 Å². The number of carbonyl (C=O) groups is 1. The highest BCUT2D eigenvalue weighted by Gasteiger charge is 2.27. The zero-order valence-electron chi connectivity index (χ0n) is 24.3. The second-order valence-corrected chi connectivity index (χ2v) is 12.5. The molecule has 0 spiro atoms. The number of amides is 1. The van der Waals surface area contributed by atoms with Crippen molar-refractivity contribution in [1.82, 2.24) is 4.90 Å². The lowest BCUT2D eigenvalue weighted by molar-refractivity contribution is -0.0324. The van der Waals surface area contributed by atoms with Crippen LogP contribution in [-0.4, -0.2) is 80.1 Å². The quantitative estimate of drug-likeness (QED) is 0.0583. The number of unbranched alkanes of at least 4 members (excludes halogenated alkanes) is 15. The molecule has 0 radical (unpaired) electrons. The first-order chi connectivity index (χ1) is 19.0. The molecule has 0 aliphatic carbocycles. The lowest BCUT2D eigenvalue weighted by atomic mass is 10.0. The summed E-state index contributed by atoms with van der Waals surface area (Å²) in [6.07, 6.45) is 19.6. The third-order valence-corrected chi connectivity index (χ3v) is 8.05. The standard InChI is InChI=1S/C28H55BrNO8P/c1-2-3-4-5-6-7-8-9-10-11-12-13-14-15-16-17-21-35-25-27(26-37-39(32,33)36-22-18-29)38-28(31)30-19-23-34-24-20-30/h27H,2-26H2,1H3,(H,32,33). The summed E-state index contributed by atoms with van der Waals surface area (Å²) in [5.74, 6) is 0. The van der Waals surface area contributed by atoms with Crippen LogP contribution in [0.25, 0.3) is 0 Å². The number of hydrogen-bond donors (Lipinski definition) is 1. The van der Waals surface area contributed by atoms with Crippen LogP contribution < -0.4 is 0 Å². The Morgan fingerprint density at radius 1 is 0.821 bits per heavy atom. The number of carbonyl (C=O) groups excluding carboxylic acids is 1. The molecule has 39 heavy (non-hydrogen) atoms. The summed E-state index contributed by atoms with van der Waals surface area (Å²) >= 11 is 3.13. The van der Waals surface area contributed by atoms with Gasteiger partial charge in [0.05, 0.1) is 33.0 Å². The monoisotopic (exact) mass is 643 g/mol. The number of hydrogen-bond acceptors (Lipinski definition) is 7. The molecule has 0 bridgehead atoms. The fourth-order valence-electron chi connectivity index (χ4n) is 4.41. The van der Waals surface area contributed by atoms with E-state index >= 15 is 0 Å². The smallest absolute Gasteiger partial charge is 0.441 e. The van der Waals surface area contributed by atoms with Gasteiger partial charge in [0.1, 0.15) is 0 Å². The Labute approximate surface area is 245 Å². The molecule has 1 amide bonds. The third kappa shape index (κ3) is 22.1. The molecule has 1 N–H and O–H groups in total. The predicted octanol–water partition coefficient (Wildman–Crippen LogP) is 7.63. The highest BCUT2D eigenvalue weighted by atomic mass is 79.9. The highest BCUT2D eigenvalue weighted by molar-refractivity contribution is 9.09. The molecule has 0 aromatic heterocycles. The first kappa shape index (κ1) is 36.8. The van der Waals surface area contributed by atoms with E-state index in [2.05, 4.69) is 22.9 Å². The Morgan fingerprint density at radius 3 is 1.85 bits per heavy atom. The zero-order valence-corrected chi connectivity index (χ0v) is 26.8. The van der Waals surface area contributed by atoms with E-state index in [1.165, 1.54) is 89.9 Å². The summed E-state index contributed by atoms with van der Waals surface area (Å²) in [5.41, 5.74) is 0. The van der Waals surface area contributed by atoms with E-state index < -0.39 is 20.0 Å². The molecule has 1 heterocycles. The topological polar surface area (TPSA) is 104 Å². The minimum Gasteiger partial charge on any atom is -0.441 e. The molecule has 9 nitrogen and oxygen atoms in total. The number of phosphoric ester groups is 1. The van der Waals surface area contributed by atoms with E-state index in [9.17, 15) is 14.3 Å². The summed E-state index contributed by atoms with van der Waals surface area (Å²) in [6, 6.07) is 0. The highest BCUT2D eigenvalue weighted by Crippen LogP contribution is 2.43. The Bertz CT molecular complexity index is 624. The third-order valence-electron chi connectivity index (χ3n) is 6.74. The Morgan fingerprint density at radius 2 is 1.33 bits per heavy atom. The van der Waals surface area contributed by atoms with Crippen LogP contribution in [0.15, 0.2) is 0 Å². The average Bonchev–Trinajstić information content (AvgIpc) is 2.94. The Kier molecular flexibility index (Phi) is 24.1. The van der Waals surface area contributed by atoms with Gasteiger partial charge in [-0.3, -0.25) is 9.05 Å². The van der Waals surface area contributed by atoms with Crippen molar-refractivity contribution >= 4 is 29.8 Å². The van der Waals surface area contributed by atoms with Crippen molar-refractivity contribution in [3.8, 4) is 0 Å². The van der Waals surface area contributed by atoms with Gasteiger partial charge in [-0.1, -0.05) is 119 Å². The Balaban J connectivity index is 2.10. The van der Waals surface area contributed by atoms with Crippen molar-refractivity contribution in [3.05, 3.63) is 0 Å². The van der Waals surface area contributed by atoms with Gasteiger partial charge in [0.25, 0.3) is 0 Å². The maximum atomic E-state index is 12.5. The minimum atomic E-state index is -4.23. The van der Waals surface area contributed by atoms with E-state index in [1.54, 1.807) is 4.90 Å². The van der Waals surface area contributed by atoms with E-state index in [-0.39, 0.29) is 19.8 Å². The van der Waals surface area contributed by atoms with Crippen LogP contribution in [0, 0.1) is 0 Å². The number of rotatable bonds is 26. The van der Waals surface area contributed by atoms with E-state index in [1.807, 2.05) is 0 Å². The summed E-state index contributed by atoms with van der Waals surface area (Å²) in [5, 5.41) is 0.402. The van der Waals surface area contributed by atoms with Crippen LogP contribution in [0.3, 0.4) is 0 Å². The summed E-state index contributed by atoms with van der Waals surface area (Å²) in [6.45, 7) is 4.44. The maximum absolute atomic E-state index is 12.5. The first-order valence-corrected chi connectivity index (χ1v) is 17.9. The molecule has 2 unspecified atom stereocenters. The van der Waals surface area contributed by atoms with Gasteiger partial charge in [-0.25, -0.2) is 9.36 Å². The maximum Gasteiger partial charge on any atom is 0.472 e. The number of halogens is 1. The number of ether oxygens (including phenoxy) is 3. The molecule has 1 saturated heterocycles. The molecule has 232 valence electrons. The number of morpholine rings is 1. The molecule has 1 fully saturated rings. The second kappa shape index (κ2) is 25.5. The molecule has 0 aromatic carbocycles. The second-order valence-electron chi connectivity index (χ2n) is 10.3. The van der Waals surface area contributed by atoms with Gasteiger partial charge in [0, 0.05) is 25.0 Å². The van der Waals surface area contributed by atoms with Crippen LogP contribution in [0.4, 0.5) is 4.79 Å². The van der Waals surface area contributed by atoms with Gasteiger partial charge in [-0.05, 0) is 6.42 Å². The van der Waals surface area contributed by atoms with Crippen molar-refractivity contribution < 1.29 is 37.5 Å². The van der Waals surface area contributed by atoms with Crippen molar-refractivity contribution in [2.45, 2.75) is 116 Å². The van der Waals surface area contributed by atoms with Gasteiger partial charge < -0.3 is 24.0 Å². The molecular weight excluding hydrogens is 589 g/mol. The van der Waals surface area contributed by atoms with Gasteiger partial charge in [-0.2, -0.15) is 0 Å². The van der Waals surface area contributed by atoms with Gasteiger partial charge in [-0.15, -0.1) is 0 Å². The molecule has 11 heteroatoms. The van der Waals surface area contributed by atoms with Gasteiger partial charge in [0.15, 0.2) is 6.10 Å². The minimum absolute atomic E-state index is 0.0295. The van der Waals surface area contributed by atoms with Crippen LogP contribution >= 0.6 is 23.8 Å². The first-order valence-electron chi connectivity index (χ1n) is 15.3. The fourth-order valence-corrected chi connectivity index (χ4v) is 5.57. The molecular formula is C28H55BrNO8P. The van der Waals surface area contributed by atoms with Crippen LogP contribution in [0.1, 0.15) is 110 Å². The zero-order chi connectivity index (χ0) is 28.4. The van der Waals surface area contributed by atoms with Crippen molar-refractivity contribution in [2.75, 3.05) is 58.1 Å². The lowest BCUT2D eigenvalue weighted by Gasteiger charge is -2.28. The number of phosphoric acid groups is 1. The van der Waals surface area contributed by atoms with Crippen molar-refractivity contribution in [2.24, 2.45) is 0 Å². The van der Waals surface area contributed by atoms with Gasteiger partial charge in [0.2, 0.25) is 0 Å². The predicted molar refractivity (Wildman–Crippen MR) is 159 cm³/mol. The van der Waals surface area contributed by atoms with Gasteiger partial charge >= 0.3 is 13.9 Å². The normalized spacial score (nSPS) is 16.2. The summed E-state index contributed by atoms with van der Waals surface area (Å²) in [7, 11) is -4.23. The summed E-state index contributed by atoms with van der Waals surface area (Å²) < 4.78 is 38.4. The fraction of sp³-hybridized carbons (Fsp3) is 0.964. The molecule has 1 aliphatic rings. The van der Waals surface area contributed by atoms with Crippen molar-refractivity contribution in [1.29, 1.82) is 0 Å². The average molecular weight is 645 g/mol. The molecule has 1 rings (SSSR count). The van der Waals surface area contributed by atoms with Crippen LogP contribution in [0.5, 0.6) is 0 Å². The van der Waals surface area contributed by atoms with E-state index in [0.717, 1.165) is 12.8 Å². The molecule has 0 saturated carbocycles. The summed E-state index contributed by atoms with van der Waals surface area (Å²) in [4.78, 5) is 23.8. The SMILES string of the molecule is CCCCCCCCCCCCCCCCCCOCC(COP(=O)(O)OCCBr)OC(=O)N1CCOCC1. The lowest BCUT2D eigenvalue weighted by Crippen LogP contribution is -2.43. The number of nitrogens with zero attached hydrogens (tertiary/aromatic N) is 1. The van der Waals surface area contributed by atoms with Crippen molar-refractivity contribution in [3.63, 3.8) is 0 Å². The molecule has 1 aliphatic heterocycles. The van der Waals surface area contributed by atoms with E-state index in [0.29, 0.717) is 38.2 Å². The Hall–Kier alpha value is -0.220. The van der Waals surface area contributed by atoms with E-state index in [4.69, 9.17) is 23.3 Å². The molecule has 0 aromatic rings.